The van der Waals surface area contributed by atoms with Gasteiger partial charge in [0.2, 0.25) is 0 Å². The Morgan fingerprint density at radius 2 is 1.94 bits per heavy atom. The lowest BCUT2D eigenvalue weighted by molar-refractivity contribution is 0.213. The number of nitrogens with one attached hydrogen (secondary N) is 1. The minimum atomic E-state index is 0.596. The van der Waals surface area contributed by atoms with Crippen molar-refractivity contribution in [2.75, 3.05) is 26.7 Å². The number of pyridine rings is 1. The predicted octanol–water partition coefficient (Wildman–Crippen LogP) is 7.05. The van der Waals surface area contributed by atoms with E-state index >= 15 is 0 Å². The third kappa shape index (κ3) is 5.04. The summed E-state index contributed by atoms with van der Waals surface area (Å²) in [4.78, 5) is 11.5. The van der Waals surface area contributed by atoms with Crippen LogP contribution < -0.4 is 4.74 Å². The molecular weight excluding hydrogens is 509 g/mol. The van der Waals surface area contributed by atoms with Gasteiger partial charge in [0.1, 0.15) is 5.75 Å². The number of halogens is 1. The summed E-state index contributed by atoms with van der Waals surface area (Å²) >= 11 is 2.39. The molecule has 1 aliphatic rings. The van der Waals surface area contributed by atoms with Gasteiger partial charge in [0.15, 0.2) is 0 Å². The average molecular weight is 543 g/mol. The van der Waals surface area contributed by atoms with Crippen LogP contribution in [-0.2, 0) is 6.42 Å². The number of rotatable bonds is 8. The standard InChI is InChI=1S/C27H34IN3O/c1-4-8-23-26(19-13-16-31(15-5-2)17-14-19)27-24(30-23)12-11-20(29-27)18-22(28)21-9-6-7-10-25(21)32-3/h6-7,9-12,18-19,30H,4-5,8,13-17H2,1-3H3. The lowest BCUT2D eigenvalue weighted by Gasteiger charge is -2.32. The first-order chi connectivity index (χ1) is 15.6. The molecule has 3 aromatic rings. The number of likely N-dealkylation sites (tertiary alicyclic amines) is 1. The summed E-state index contributed by atoms with van der Waals surface area (Å²) in [6.45, 7) is 8.15. The Bertz CT molecular complexity index is 1080. The first-order valence-electron chi connectivity index (χ1n) is 11.9. The number of aryl methyl sites for hydroxylation is 1. The molecule has 1 saturated heterocycles. The fourth-order valence-electron chi connectivity index (χ4n) is 4.93. The number of piperidine rings is 1. The summed E-state index contributed by atoms with van der Waals surface area (Å²) in [5.41, 5.74) is 7.30. The van der Waals surface area contributed by atoms with E-state index in [2.05, 4.69) is 70.6 Å². The molecule has 1 fully saturated rings. The van der Waals surface area contributed by atoms with Gasteiger partial charge in [-0.3, -0.25) is 0 Å². The zero-order valence-corrected chi connectivity index (χ0v) is 21.6. The molecule has 32 heavy (non-hydrogen) atoms. The van der Waals surface area contributed by atoms with Crippen LogP contribution in [0.25, 0.3) is 20.7 Å². The number of benzene rings is 1. The lowest BCUT2D eigenvalue weighted by atomic mass is 9.87. The van der Waals surface area contributed by atoms with Gasteiger partial charge in [0, 0.05) is 20.4 Å². The highest BCUT2D eigenvalue weighted by Gasteiger charge is 2.26. The van der Waals surface area contributed by atoms with Gasteiger partial charge in [-0.25, -0.2) is 4.98 Å². The number of hydrogen-bond acceptors (Lipinski definition) is 3. The van der Waals surface area contributed by atoms with Gasteiger partial charge in [-0.2, -0.15) is 0 Å². The van der Waals surface area contributed by atoms with Crippen LogP contribution in [0.5, 0.6) is 5.75 Å². The largest absolute Gasteiger partial charge is 0.496 e. The van der Waals surface area contributed by atoms with Crippen LogP contribution in [0.4, 0.5) is 0 Å². The molecule has 1 aromatic carbocycles. The molecule has 0 aliphatic carbocycles. The number of H-pyrrole nitrogens is 1. The molecule has 0 atom stereocenters. The molecule has 2 aromatic heterocycles. The summed E-state index contributed by atoms with van der Waals surface area (Å²) in [5.74, 6) is 1.49. The minimum absolute atomic E-state index is 0.596. The summed E-state index contributed by atoms with van der Waals surface area (Å²) in [7, 11) is 1.72. The Labute approximate surface area is 205 Å². The van der Waals surface area contributed by atoms with E-state index in [1.54, 1.807) is 7.11 Å². The molecule has 170 valence electrons. The van der Waals surface area contributed by atoms with Gasteiger partial charge in [-0.1, -0.05) is 38.5 Å². The number of aromatic amines is 1. The van der Waals surface area contributed by atoms with Gasteiger partial charge < -0.3 is 14.6 Å². The zero-order chi connectivity index (χ0) is 22.5. The molecule has 0 bridgehead atoms. The van der Waals surface area contributed by atoms with E-state index < -0.39 is 0 Å². The Balaban J connectivity index is 1.69. The second-order valence-electron chi connectivity index (χ2n) is 8.71. The van der Waals surface area contributed by atoms with Gasteiger partial charge >= 0.3 is 0 Å². The van der Waals surface area contributed by atoms with E-state index in [9.17, 15) is 0 Å². The van der Waals surface area contributed by atoms with Crippen LogP contribution in [0.2, 0.25) is 0 Å². The Morgan fingerprint density at radius 1 is 1.16 bits per heavy atom. The van der Waals surface area contributed by atoms with Gasteiger partial charge in [-0.15, -0.1) is 0 Å². The molecule has 4 rings (SSSR count). The Hall–Kier alpha value is -1.86. The van der Waals surface area contributed by atoms with Crippen molar-refractivity contribution >= 4 is 43.3 Å². The van der Waals surface area contributed by atoms with Gasteiger partial charge in [0.25, 0.3) is 0 Å². The van der Waals surface area contributed by atoms with Crippen LogP contribution in [0.15, 0.2) is 36.4 Å². The highest BCUT2D eigenvalue weighted by Crippen LogP contribution is 2.37. The molecule has 1 aliphatic heterocycles. The van der Waals surface area contributed by atoms with Crippen molar-refractivity contribution in [2.45, 2.75) is 51.9 Å². The van der Waals surface area contributed by atoms with E-state index in [0.717, 1.165) is 33.4 Å². The maximum atomic E-state index is 5.55. The molecule has 0 saturated carbocycles. The number of ether oxygens (including phenoxy) is 1. The van der Waals surface area contributed by atoms with Crippen LogP contribution in [0.3, 0.4) is 0 Å². The second-order valence-corrected chi connectivity index (χ2v) is 9.87. The fourth-order valence-corrected chi connectivity index (χ4v) is 5.70. The minimum Gasteiger partial charge on any atom is -0.496 e. The predicted molar refractivity (Wildman–Crippen MR) is 144 cm³/mol. The smallest absolute Gasteiger partial charge is 0.127 e. The molecule has 0 spiro atoms. The van der Waals surface area contributed by atoms with Crippen LogP contribution in [0, 0.1) is 0 Å². The van der Waals surface area contributed by atoms with Crippen LogP contribution in [-0.4, -0.2) is 41.6 Å². The van der Waals surface area contributed by atoms with E-state index in [-0.39, 0.29) is 0 Å². The van der Waals surface area contributed by atoms with E-state index in [1.165, 1.54) is 61.2 Å². The Kier molecular flexibility index (Phi) is 7.89. The van der Waals surface area contributed by atoms with Crippen molar-refractivity contribution in [3.63, 3.8) is 0 Å². The summed E-state index contributed by atoms with van der Waals surface area (Å²) in [6.07, 6.45) is 8.09. The summed E-state index contributed by atoms with van der Waals surface area (Å²) in [5, 5.41) is 0. The van der Waals surface area contributed by atoms with Crippen molar-refractivity contribution in [3.05, 3.63) is 58.9 Å². The van der Waals surface area contributed by atoms with Crippen molar-refractivity contribution in [2.24, 2.45) is 0 Å². The molecular formula is C27H34IN3O. The van der Waals surface area contributed by atoms with Crippen molar-refractivity contribution in [3.8, 4) is 5.75 Å². The second kappa shape index (κ2) is 10.8. The number of fused-ring (bicyclic) bond motifs is 1. The topological polar surface area (TPSA) is 41.1 Å². The van der Waals surface area contributed by atoms with Crippen molar-refractivity contribution in [1.29, 1.82) is 0 Å². The SMILES string of the molecule is CCCc1[nH]c2ccc(C=C(I)c3ccccc3OC)nc2c1C1CCN(CCC)CC1. The quantitative estimate of drug-likeness (QED) is 0.310. The molecule has 3 heterocycles. The van der Waals surface area contributed by atoms with Crippen molar-refractivity contribution < 1.29 is 4.74 Å². The molecule has 1 N–H and O–H groups in total. The highest BCUT2D eigenvalue weighted by molar-refractivity contribution is 14.1. The molecule has 0 unspecified atom stereocenters. The zero-order valence-electron chi connectivity index (χ0n) is 19.5. The van der Waals surface area contributed by atoms with E-state index in [4.69, 9.17) is 9.72 Å². The fraction of sp³-hybridized carbons (Fsp3) is 0.444. The highest BCUT2D eigenvalue weighted by atomic mass is 127. The van der Waals surface area contributed by atoms with Crippen LogP contribution >= 0.6 is 22.6 Å². The number of hydrogen-bond donors (Lipinski definition) is 1. The van der Waals surface area contributed by atoms with E-state index in [1.807, 2.05) is 18.2 Å². The first-order valence-corrected chi connectivity index (χ1v) is 13.0. The first kappa shape index (κ1) is 23.3. The third-order valence-electron chi connectivity index (χ3n) is 6.46. The molecule has 0 amide bonds. The number of methoxy groups -OCH3 is 1. The van der Waals surface area contributed by atoms with Crippen molar-refractivity contribution in [1.82, 2.24) is 14.9 Å². The lowest BCUT2D eigenvalue weighted by Crippen LogP contribution is -2.33. The monoisotopic (exact) mass is 543 g/mol. The molecule has 4 nitrogen and oxygen atoms in total. The normalized spacial score (nSPS) is 16.1. The maximum Gasteiger partial charge on any atom is 0.127 e. The Morgan fingerprint density at radius 3 is 2.66 bits per heavy atom. The molecule has 5 heteroatoms. The number of aromatic nitrogens is 2. The third-order valence-corrected chi connectivity index (χ3v) is 7.35. The average Bonchev–Trinajstić information content (AvgIpc) is 3.17. The van der Waals surface area contributed by atoms with E-state index in [0.29, 0.717) is 5.92 Å². The van der Waals surface area contributed by atoms with Crippen LogP contribution in [0.1, 0.15) is 68.0 Å². The number of nitrogens with zero attached hydrogens (tertiary/aromatic N) is 2. The molecule has 0 radical (unpaired) electrons. The summed E-state index contributed by atoms with van der Waals surface area (Å²) in [6, 6.07) is 12.5. The van der Waals surface area contributed by atoms with Gasteiger partial charge in [-0.05, 0) is 98.1 Å². The maximum absolute atomic E-state index is 5.55. The van der Waals surface area contributed by atoms with Gasteiger partial charge in [0.05, 0.1) is 23.8 Å². The number of para-hydroxylation sites is 1. The summed E-state index contributed by atoms with van der Waals surface area (Å²) < 4.78 is 6.68.